The van der Waals surface area contributed by atoms with E-state index in [1.54, 1.807) is 6.92 Å². The molecule has 1 saturated heterocycles. The van der Waals surface area contributed by atoms with Gasteiger partial charge in [0.25, 0.3) is 0 Å². The summed E-state index contributed by atoms with van der Waals surface area (Å²) in [6, 6.07) is 0.145. The van der Waals surface area contributed by atoms with Crippen LogP contribution in [-0.4, -0.2) is 50.5 Å². The first-order chi connectivity index (χ1) is 7.59. The van der Waals surface area contributed by atoms with Crippen LogP contribution in [0.4, 0.5) is 0 Å². The van der Waals surface area contributed by atoms with Crippen LogP contribution in [0.1, 0.15) is 20.8 Å². The van der Waals surface area contributed by atoms with Gasteiger partial charge in [0.2, 0.25) is 5.91 Å². The lowest BCUT2D eigenvalue weighted by molar-refractivity contribution is -0.135. The fourth-order valence-corrected chi connectivity index (χ4v) is 1.46. The quantitative estimate of drug-likeness (QED) is 0.692. The number of nitrogens with one attached hydrogen (secondary N) is 2. The number of carbonyl (C=O) groups is 1. The number of hydrogen-bond donors (Lipinski definition) is 2. The summed E-state index contributed by atoms with van der Waals surface area (Å²) in [5.74, 6) is -0.0706. The van der Waals surface area contributed by atoms with Gasteiger partial charge in [0.15, 0.2) is 0 Å². The van der Waals surface area contributed by atoms with Crippen LogP contribution in [0, 0.1) is 0 Å². The molecule has 0 bridgehead atoms. The molecule has 1 heterocycles. The predicted molar refractivity (Wildman–Crippen MR) is 61.3 cm³/mol. The topological polar surface area (TPSA) is 59.6 Å². The number of ether oxygens (including phenoxy) is 2. The van der Waals surface area contributed by atoms with Crippen molar-refractivity contribution in [1.82, 2.24) is 10.6 Å². The number of amides is 1. The summed E-state index contributed by atoms with van der Waals surface area (Å²) < 4.78 is 10.9. The van der Waals surface area contributed by atoms with E-state index in [1.165, 1.54) is 0 Å². The highest BCUT2D eigenvalue weighted by Crippen LogP contribution is 2.00. The van der Waals surface area contributed by atoms with Crippen LogP contribution in [0.2, 0.25) is 0 Å². The molecule has 5 nitrogen and oxygen atoms in total. The highest BCUT2D eigenvalue weighted by molar-refractivity contribution is 5.80. The van der Waals surface area contributed by atoms with Crippen LogP contribution < -0.4 is 10.6 Å². The van der Waals surface area contributed by atoms with Crippen molar-refractivity contribution in [2.24, 2.45) is 0 Å². The minimum atomic E-state index is -0.423. The third-order valence-electron chi connectivity index (χ3n) is 2.34. The monoisotopic (exact) mass is 230 g/mol. The maximum atomic E-state index is 11.5. The average molecular weight is 230 g/mol. The van der Waals surface area contributed by atoms with Gasteiger partial charge in [0.1, 0.15) is 6.10 Å². The zero-order chi connectivity index (χ0) is 12.0. The molecule has 0 radical (unpaired) electrons. The molecule has 94 valence electrons. The van der Waals surface area contributed by atoms with Gasteiger partial charge >= 0.3 is 0 Å². The molecule has 1 aliphatic heterocycles. The average Bonchev–Trinajstić information content (AvgIpc) is 2.26. The molecule has 0 aromatic carbocycles. The molecule has 1 aliphatic rings. The first-order valence-corrected chi connectivity index (χ1v) is 5.84. The molecule has 0 aliphatic carbocycles. The molecule has 2 N–H and O–H groups in total. The van der Waals surface area contributed by atoms with Crippen molar-refractivity contribution >= 4 is 5.91 Å². The Hall–Kier alpha value is -0.650. The highest BCUT2D eigenvalue weighted by Gasteiger charge is 2.18. The van der Waals surface area contributed by atoms with E-state index in [0.717, 1.165) is 13.1 Å². The van der Waals surface area contributed by atoms with Gasteiger partial charge in [-0.1, -0.05) is 0 Å². The SMILES string of the molecule is CC(C)NC(=O)C(C)OCC1CNCCO1. The predicted octanol–water partition coefficient (Wildman–Crippen LogP) is -0.0955. The van der Waals surface area contributed by atoms with Crippen molar-refractivity contribution in [2.75, 3.05) is 26.3 Å². The fourth-order valence-electron chi connectivity index (χ4n) is 1.46. The van der Waals surface area contributed by atoms with E-state index in [0.29, 0.717) is 13.2 Å². The fraction of sp³-hybridized carbons (Fsp3) is 0.909. The van der Waals surface area contributed by atoms with E-state index in [-0.39, 0.29) is 18.1 Å². The Bertz CT molecular complexity index is 215. The van der Waals surface area contributed by atoms with E-state index in [4.69, 9.17) is 9.47 Å². The zero-order valence-corrected chi connectivity index (χ0v) is 10.3. The van der Waals surface area contributed by atoms with E-state index >= 15 is 0 Å². The molecule has 0 aromatic heterocycles. The summed E-state index contributed by atoms with van der Waals surface area (Å²) in [7, 11) is 0. The first kappa shape index (κ1) is 13.4. The van der Waals surface area contributed by atoms with Gasteiger partial charge in [0.05, 0.1) is 19.3 Å². The molecule has 0 aromatic rings. The van der Waals surface area contributed by atoms with Crippen LogP contribution in [0.25, 0.3) is 0 Å². The summed E-state index contributed by atoms with van der Waals surface area (Å²) in [5.41, 5.74) is 0. The third-order valence-corrected chi connectivity index (χ3v) is 2.34. The Morgan fingerprint density at radius 1 is 1.56 bits per heavy atom. The molecule has 1 fully saturated rings. The summed E-state index contributed by atoms with van der Waals surface area (Å²) in [4.78, 5) is 11.5. The Balaban J connectivity index is 2.17. The Kier molecular flexibility index (Phi) is 5.73. The third kappa shape index (κ3) is 4.92. The van der Waals surface area contributed by atoms with E-state index in [9.17, 15) is 4.79 Å². The summed E-state index contributed by atoms with van der Waals surface area (Å²) in [6.45, 7) is 8.46. The largest absolute Gasteiger partial charge is 0.373 e. The van der Waals surface area contributed by atoms with Crippen LogP contribution in [0.15, 0.2) is 0 Å². The van der Waals surface area contributed by atoms with E-state index < -0.39 is 6.10 Å². The molecule has 16 heavy (non-hydrogen) atoms. The van der Waals surface area contributed by atoms with Gasteiger partial charge in [-0.05, 0) is 20.8 Å². The van der Waals surface area contributed by atoms with E-state index in [2.05, 4.69) is 10.6 Å². The Morgan fingerprint density at radius 2 is 2.31 bits per heavy atom. The van der Waals surface area contributed by atoms with Gasteiger partial charge in [-0.3, -0.25) is 4.79 Å². The second kappa shape index (κ2) is 6.83. The molecular weight excluding hydrogens is 208 g/mol. The lowest BCUT2D eigenvalue weighted by atomic mass is 10.3. The molecule has 1 amide bonds. The molecule has 1 rings (SSSR count). The van der Waals surface area contributed by atoms with Crippen molar-refractivity contribution in [3.8, 4) is 0 Å². The normalized spacial score (nSPS) is 23.1. The number of rotatable bonds is 5. The lowest BCUT2D eigenvalue weighted by Crippen LogP contribution is -2.44. The van der Waals surface area contributed by atoms with Gasteiger partial charge in [-0.25, -0.2) is 0 Å². The van der Waals surface area contributed by atoms with Crippen LogP contribution >= 0.6 is 0 Å². The molecular formula is C11H22N2O3. The number of carbonyl (C=O) groups excluding carboxylic acids is 1. The maximum Gasteiger partial charge on any atom is 0.249 e. The van der Waals surface area contributed by atoms with Crippen molar-refractivity contribution in [2.45, 2.75) is 39.0 Å². The van der Waals surface area contributed by atoms with Crippen LogP contribution in [-0.2, 0) is 14.3 Å². The maximum absolute atomic E-state index is 11.5. The van der Waals surface area contributed by atoms with Crippen molar-refractivity contribution in [1.29, 1.82) is 0 Å². The molecule has 2 atom stereocenters. The van der Waals surface area contributed by atoms with Gasteiger partial charge in [-0.2, -0.15) is 0 Å². The summed E-state index contributed by atoms with van der Waals surface area (Å²) in [5, 5.41) is 6.02. The Morgan fingerprint density at radius 3 is 2.88 bits per heavy atom. The van der Waals surface area contributed by atoms with Gasteiger partial charge in [-0.15, -0.1) is 0 Å². The lowest BCUT2D eigenvalue weighted by Gasteiger charge is -2.25. The minimum absolute atomic E-state index is 0.0584. The minimum Gasteiger partial charge on any atom is -0.373 e. The molecule has 0 spiro atoms. The smallest absolute Gasteiger partial charge is 0.249 e. The summed E-state index contributed by atoms with van der Waals surface area (Å²) in [6.07, 6.45) is -0.365. The van der Waals surface area contributed by atoms with Gasteiger partial charge in [0, 0.05) is 19.1 Å². The number of morpholine rings is 1. The van der Waals surface area contributed by atoms with Crippen molar-refractivity contribution in [3.05, 3.63) is 0 Å². The van der Waals surface area contributed by atoms with Crippen LogP contribution in [0.3, 0.4) is 0 Å². The van der Waals surface area contributed by atoms with Crippen LogP contribution in [0.5, 0.6) is 0 Å². The number of hydrogen-bond acceptors (Lipinski definition) is 4. The first-order valence-electron chi connectivity index (χ1n) is 5.84. The highest BCUT2D eigenvalue weighted by atomic mass is 16.5. The molecule has 5 heteroatoms. The zero-order valence-electron chi connectivity index (χ0n) is 10.3. The Labute approximate surface area is 96.9 Å². The van der Waals surface area contributed by atoms with Crippen molar-refractivity contribution in [3.63, 3.8) is 0 Å². The molecule has 0 saturated carbocycles. The van der Waals surface area contributed by atoms with Gasteiger partial charge < -0.3 is 20.1 Å². The van der Waals surface area contributed by atoms with Crippen molar-refractivity contribution < 1.29 is 14.3 Å². The second-order valence-electron chi connectivity index (χ2n) is 4.34. The van der Waals surface area contributed by atoms with E-state index in [1.807, 2.05) is 13.8 Å². The molecule has 2 unspecified atom stereocenters. The second-order valence-corrected chi connectivity index (χ2v) is 4.34. The standard InChI is InChI=1S/C11H22N2O3/c1-8(2)13-11(14)9(3)16-7-10-6-12-4-5-15-10/h8-10,12H,4-7H2,1-3H3,(H,13,14). The summed E-state index contributed by atoms with van der Waals surface area (Å²) >= 11 is 0.